The van der Waals surface area contributed by atoms with E-state index in [9.17, 15) is 4.79 Å². The summed E-state index contributed by atoms with van der Waals surface area (Å²) in [5, 5.41) is 11.2. The first-order valence-corrected chi connectivity index (χ1v) is 10.7. The number of halogens is 2. The Bertz CT molecular complexity index is 1060. The van der Waals surface area contributed by atoms with Crippen molar-refractivity contribution < 1.29 is 4.79 Å². The molecule has 30 heavy (non-hydrogen) atoms. The summed E-state index contributed by atoms with van der Waals surface area (Å²) in [6.45, 7) is 7.26. The van der Waals surface area contributed by atoms with E-state index in [1.807, 2.05) is 42.8 Å². The summed E-state index contributed by atoms with van der Waals surface area (Å²) >= 11 is 9.35. The molecule has 2 N–H and O–H groups in total. The molecule has 3 rings (SSSR count). The molecule has 0 radical (unpaired) electrons. The first-order valence-electron chi connectivity index (χ1n) is 9.54. The van der Waals surface area contributed by atoms with Gasteiger partial charge in [0.1, 0.15) is 0 Å². The highest BCUT2D eigenvalue weighted by Crippen LogP contribution is 2.16. The Hall–Kier alpha value is -2.64. The van der Waals surface area contributed by atoms with Gasteiger partial charge in [-0.15, -0.1) is 0 Å². The number of guanidine groups is 1. The Morgan fingerprint density at radius 1 is 1.13 bits per heavy atom. The summed E-state index contributed by atoms with van der Waals surface area (Å²) in [7, 11) is 0. The molecule has 0 aliphatic rings. The second kappa shape index (κ2) is 9.91. The minimum atomic E-state index is -0.271. The van der Waals surface area contributed by atoms with Crippen molar-refractivity contribution in [2.24, 2.45) is 4.99 Å². The van der Waals surface area contributed by atoms with Crippen LogP contribution in [0.1, 0.15) is 34.2 Å². The highest BCUT2D eigenvalue weighted by molar-refractivity contribution is 9.10. The van der Waals surface area contributed by atoms with E-state index in [1.54, 1.807) is 24.3 Å². The number of benzene rings is 2. The average molecular weight is 489 g/mol. The molecule has 1 aromatic heterocycles. The van der Waals surface area contributed by atoms with Crippen LogP contribution in [0.25, 0.3) is 0 Å². The van der Waals surface area contributed by atoms with E-state index in [1.165, 1.54) is 0 Å². The molecule has 1 heterocycles. The van der Waals surface area contributed by atoms with Crippen LogP contribution in [0.3, 0.4) is 0 Å². The molecule has 0 saturated heterocycles. The van der Waals surface area contributed by atoms with Gasteiger partial charge in [0.15, 0.2) is 0 Å². The minimum absolute atomic E-state index is 0.271. The number of aromatic nitrogens is 2. The molecule has 0 unspecified atom stereocenters. The molecule has 1 amide bonds. The largest absolute Gasteiger partial charge is 0.326 e. The molecule has 0 aliphatic heterocycles. The maximum absolute atomic E-state index is 12.7. The summed E-state index contributed by atoms with van der Waals surface area (Å²) in [4.78, 5) is 17.4. The Morgan fingerprint density at radius 2 is 1.80 bits per heavy atom. The molecule has 8 heteroatoms. The molecule has 0 bridgehead atoms. The third kappa shape index (κ3) is 5.49. The summed E-state index contributed by atoms with van der Waals surface area (Å²) < 4.78 is 2.92. The normalized spacial score (nSPS) is 11.4. The van der Waals surface area contributed by atoms with Crippen molar-refractivity contribution in [1.29, 1.82) is 0 Å². The topological polar surface area (TPSA) is 71.3 Å². The van der Waals surface area contributed by atoms with E-state index >= 15 is 0 Å². The fourth-order valence-electron chi connectivity index (χ4n) is 2.99. The van der Waals surface area contributed by atoms with Gasteiger partial charge in [-0.1, -0.05) is 27.5 Å². The number of carbonyl (C=O) groups is 1. The highest BCUT2D eigenvalue weighted by Gasteiger charge is 2.13. The van der Waals surface area contributed by atoms with Gasteiger partial charge in [-0.25, -0.2) is 4.99 Å². The maximum atomic E-state index is 12.7. The first-order chi connectivity index (χ1) is 14.4. The van der Waals surface area contributed by atoms with Crippen LogP contribution in [-0.2, 0) is 13.1 Å². The lowest BCUT2D eigenvalue weighted by Crippen LogP contribution is -2.36. The molecule has 0 aliphatic carbocycles. The first kappa shape index (κ1) is 22.1. The average Bonchev–Trinajstić information content (AvgIpc) is 3.01. The smallest absolute Gasteiger partial charge is 0.257 e. The van der Waals surface area contributed by atoms with Crippen molar-refractivity contribution in [2.75, 3.05) is 5.32 Å². The van der Waals surface area contributed by atoms with Crippen LogP contribution in [0.5, 0.6) is 0 Å². The lowest BCUT2D eigenvalue weighted by Gasteiger charge is -2.12. The number of hydrogen-bond donors (Lipinski definition) is 2. The molecule has 0 fully saturated rings. The van der Waals surface area contributed by atoms with Gasteiger partial charge in [-0.05, 0) is 69.3 Å². The number of aryl methyl sites for hydroxylation is 2. The van der Waals surface area contributed by atoms with Gasteiger partial charge in [-0.2, -0.15) is 5.10 Å². The van der Waals surface area contributed by atoms with Crippen LogP contribution < -0.4 is 10.6 Å². The van der Waals surface area contributed by atoms with E-state index in [-0.39, 0.29) is 5.91 Å². The number of nitrogens with zero attached hydrogens (tertiary/aromatic N) is 3. The number of rotatable bonds is 5. The number of nitrogens with one attached hydrogen (secondary N) is 2. The van der Waals surface area contributed by atoms with Gasteiger partial charge >= 0.3 is 0 Å². The predicted octanol–water partition coefficient (Wildman–Crippen LogP) is 5.33. The Morgan fingerprint density at radius 3 is 2.40 bits per heavy atom. The molecule has 3 aromatic rings. The SMILES string of the molecule is CCn1nc(C)c(CN=C(NC(=O)c2ccc(Cl)cc2)Nc2ccc(Br)cc2)c1C. The van der Waals surface area contributed by atoms with Crippen molar-refractivity contribution in [1.82, 2.24) is 15.1 Å². The Kier molecular flexibility index (Phi) is 7.29. The number of amides is 1. The van der Waals surface area contributed by atoms with Crippen LogP contribution >= 0.6 is 27.5 Å². The molecule has 2 aromatic carbocycles. The minimum Gasteiger partial charge on any atom is -0.326 e. The summed E-state index contributed by atoms with van der Waals surface area (Å²) in [6.07, 6.45) is 0. The third-order valence-electron chi connectivity index (χ3n) is 4.67. The number of aliphatic imine (C=N–C) groups is 1. The van der Waals surface area contributed by atoms with Crippen LogP contribution in [-0.4, -0.2) is 21.6 Å². The fraction of sp³-hybridized carbons (Fsp3) is 0.227. The lowest BCUT2D eigenvalue weighted by atomic mass is 10.2. The molecule has 0 atom stereocenters. The van der Waals surface area contributed by atoms with Crippen LogP contribution in [0.15, 0.2) is 58.0 Å². The van der Waals surface area contributed by atoms with Gasteiger partial charge in [0, 0.05) is 38.5 Å². The summed E-state index contributed by atoms with van der Waals surface area (Å²) in [5.74, 6) is 0.0908. The van der Waals surface area contributed by atoms with Crippen molar-refractivity contribution >= 4 is 45.1 Å². The predicted molar refractivity (Wildman–Crippen MR) is 125 cm³/mol. The lowest BCUT2D eigenvalue weighted by molar-refractivity contribution is 0.0977. The number of carbonyl (C=O) groups excluding carboxylic acids is 1. The van der Waals surface area contributed by atoms with Gasteiger partial charge < -0.3 is 5.32 Å². The van der Waals surface area contributed by atoms with E-state index in [0.29, 0.717) is 23.1 Å². The van der Waals surface area contributed by atoms with E-state index < -0.39 is 0 Å². The van der Waals surface area contributed by atoms with Crippen molar-refractivity contribution in [2.45, 2.75) is 33.9 Å². The zero-order valence-electron chi connectivity index (χ0n) is 17.0. The second-order valence-electron chi connectivity index (χ2n) is 6.72. The summed E-state index contributed by atoms with van der Waals surface area (Å²) in [6, 6.07) is 14.4. The molecule has 0 spiro atoms. The number of hydrogen-bond acceptors (Lipinski definition) is 3. The van der Waals surface area contributed by atoms with Crippen molar-refractivity contribution in [3.63, 3.8) is 0 Å². The fourth-order valence-corrected chi connectivity index (χ4v) is 3.38. The zero-order chi connectivity index (χ0) is 21.7. The van der Waals surface area contributed by atoms with E-state index in [2.05, 4.69) is 43.6 Å². The van der Waals surface area contributed by atoms with Gasteiger partial charge in [-0.3, -0.25) is 14.8 Å². The second-order valence-corrected chi connectivity index (χ2v) is 8.07. The van der Waals surface area contributed by atoms with E-state index in [0.717, 1.165) is 33.7 Å². The molecule has 0 saturated carbocycles. The standard InChI is InChI=1S/C22H23BrClN5O/c1-4-29-15(3)20(14(2)28-29)13-25-22(26-19-11-7-17(23)8-12-19)27-21(30)16-5-9-18(24)10-6-16/h5-12H,4,13H2,1-3H3,(H2,25,26,27,30). The van der Waals surface area contributed by atoms with Crippen molar-refractivity contribution in [3.8, 4) is 0 Å². The molecular weight excluding hydrogens is 466 g/mol. The van der Waals surface area contributed by atoms with Gasteiger partial charge in [0.25, 0.3) is 5.91 Å². The molecule has 6 nitrogen and oxygen atoms in total. The van der Waals surface area contributed by atoms with E-state index in [4.69, 9.17) is 11.6 Å². The van der Waals surface area contributed by atoms with Crippen LogP contribution in [0.2, 0.25) is 5.02 Å². The summed E-state index contributed by atoms with van der Waals surface area (Å²) in [5.41, 5.74) is 4.37. The van der Waals surface area contributed by atoms with Gasteiger partial charge in [0.2, 0.25) is 5.96 Å². The zero-order valence-corrected chi connectivity index (χ0v) is 19.4. The highest BCUT2D eigenvalue weighted by atomic mass is 79.9. The Balaban J connectivity index is 1.85. The van der Waals surface area contributed by atoms with Crippen LogP contribution in [0.4, 0.5) is 5.69 Å². The monoisotopic (exact) mass is 487 g/mol. The quantitative estimate of drug-likeness (QED) is 0.376. The molecule has 156 valence electrons. The maximum Gasteiger partial charge on any atom is 0.257 e. The molecular formula is C22H23BrClN5O. The number of anilines is 1. The third-order valence-corrected chi connectivity index (χ3v) is 5.45. The Labute approximate surface area is 189 Å². The van der Waals surface area contributed by atoms with Gasteiger partial charge in [0.05, 0.1) is 12.2 Å². The van der Waals surface area contributed by atoms with Crippen LogP contribution in [0, 0.1) is 13.8 Å². The van der Waals surface area contributed by atoms with Crippen molar-refractivity contribution in [3.05, 3.63) is 80.5 Å².